The number of hydrogen-bond acceptors (Lipinski definition) is 5. The summed E-state index contributed by atoms with van der Waals surface area (Å²) in [7, 11) is 0. The molecule has 3 rings (SSSR count). The van der Waals surface area contributed by atoms with E-state index in [1.165, 1.54) is 24.1 Å². The summed E-state index contributed by atoms with van der Waals surface area (Å²) in [6.07, 6.45) is 0. The van der Waals surface area contributed by atoms with Gasteiger partial charge < -0.3 is 20.7 Å². The molecule has 5 N–H and O–H groups in total. The minimum Gasteiger partial charge on any atom is -0.507 e. The lowest BCUT2D eigenvalue weighted by atomic mass is 10.0. The Morgan fingerprint density at radius 3 is 2.52 bits per heavy atom. The molecule has 0 atom stereocenters. The van der Waals surface area contributed by atoms with Crippen molar-refractivity contribution in [1.29, 1.82) is 0 Å². The van der Waals surface area contributed by atoms with Crippen molar-refractivity contribution >= 4 is 29.3 Å². The van der Waals surface area contributed by atoms with Crippen LogP contribution >= 0.6 is 11.9 Å². The topological polar surface area (TPSA) is 95.6 Å². The predicted molar refractivity (Wildman–Crippen MR) is 101 cm³/mol. The number of hydrogen-bond donors (Lipinski definition) is 4. The Labute approximate surface area is 149 Å². The SMILES string of the molecule is Nc1ccccc1-c1cccc(SNc2ccc(C(=O)O)c(O)c2)c1. The molecule has 0 aliphatic carbocycles. The number of aromatic carboxylic acids is 1. The Balaban J connectivity index is 1.76. The standard InChI is InChI=1S/C19H16N2O3S/c20-17-7-2-1-6-15(17)12-4-3-5-14(10-12)25-21-13-8-9-16(19(23)24)18(22)11-13/h1-11,21-22H,20H2,(H,23,24). The third-order valence-corrected chi connectivity index (χ3v) is 4.45. The van der Waals surface area contributed by atoms with E-state index >= 15 is 0 Å². The van der Waals surface area contributed by atoms with Crippen LogP contribution in [0.15, 0.2) is 71.6 Å². The zero-order chi connectivity index (χ0) is 17.8. The van der Waals surface area contributed by atoms with Gasteiger partial charge in [0.05, 0.1) is 0 Å². The number of aromatic hydroxyl groups is 1. The predicted octanol–water partition coefficient (Wildman–Crippen LogP) is 4.46. The molecule has 0 aromatic heterocycles. The fourth-order valence-corrected chi connectivity index (χ4v) is 3.08. The van der Waals surface area contributed by atoms with Gasteiger partial charge in [-0.25, -0.2) is 4.79 Å². The highest BCUT2D eigenvalue weighted by Gasteiger charge is 2.10. The van der Waals surface area contributed by atoms with Gasteiger partial charge in [-0.1, -0.05) is 30.3 Å². The van der Waals surface area contributed by atoms with Gasteiger partial charge in [0.2, 0.25) is 0 Å². The number of para-hydroxylation sites is 1. The second-order valence-electron chi connectivity index (χ2n) is 5.36. The van der Waals surface area contributed by atoms with Crippen LogP contribution in [0.2, 0.25) is 0 Å². The maximum Gasteiger partial charge on any atom is 0.339 e. The smallest absolute Gasteiger partial charge is 0.339 e. The summed E-state index contributed by atoms with van der Waals surface area (Å²) < 4.78 is 3.09. The van der Waals surface area contributed by atoms with Gasteiger partial charge in [-0.3, -0.25) is 0 Å². The van der Waals surface area contributed by atoms with Crippen molar-refractivity contribution in [1.82, 2.24) is 0 Å². The molecule has 0 amide bonds. The third-order valence-electron chi connectivity index (χ3n) is 3.62. The molecule has 0 spiro atoms. The van der Waals surface area contributed by atoms with Crippen molar-refractivity contribution in [3.05, 3.63) is 72.3 Å². The molecular formula is C19H16N2O3S. The first-order valence-electron chi connectivity index (χ1n) is 7.49. The normalized spacial score (nSPS) is 10.4. The molecule has 5 nitrogen and oxygen atoms in total. The van der Waals surface area contributed by atoms with E-state index in [-0.39, 0.29) is 11.3 Å². The summed E-state index contributed by atoms with van der Waals surface area (Å²) >= 11 is 1.36. The van der Waals surface area contributed by atoms with Crippen LogP contribution in [0.1, 0.15) is 10.4 Å². The van der Waals surface area contributed by atoms with E-state index in [4.69, 9.17) is 10.8 Å². The largest absolute Gasteiger partial charge is 0.507 e. The molecule has 0 saturated heterocycles. The second-order valence-corrected chi connectivity index (χ2v) is 6.24. The first-order valence-corrected chi connectivity index (χ1v) is 8.30. The fourth-order valence-electron chi connectivity index (χ4n) is 2.38. The van der Waals surface area contributed by atoms with Gasteiger partial charge in [-0.2, -0.15) is 0 Å². The maximum atomic E-state index is 10.9. The summed E-state index contributed by atoms with van der Waals surface area (Å²) in [6, 6.07) is 19.9. The molecule has 3 aromatic rings. The number of benzene rings is 3. The van der Waals surface area contributed by atoms with Crippen LogP contribution in [-0.4, -0.2) is 16.2 Å². The molecule has 0 bridgehead atoms. The first-order chi connectivity index (χ1) is 12.0. The van der Waals surface area contributed by atoms with Gasteiger partial charge in [-0.05, 0) is 47.8 Å². The van der Waals surface area contributed by atoms with E-state index < -0.39 is 5.97 Å². The van der Waals surface area contributed by atoms with Crippen LogP contribution in [0.5, 0.6) is 5.75 Å². The zero-order valence-corrected chi connectivity index (χ0v) is 14.0. The van der Waals surface area contributed by atoms with Crippen molar-refractivity contribution in [3.8, 4) is 16.9 Å². The lowest BCUT2D eigenvalue weighted by Crippen LogP contribution is -1.97. The molecule has 0 aliphatic rings. The number of phenols is 1. The minimum absolute atomic E-state index is 0.128. The van der Waals surface area contributed by atoms with Crippen LogP contribution in [0, 0.1) is 0 Å². The zero-order valence-electron chi connectivity index (χ0n) is 13.1. The molecule has 126 valence electrons. The number of nitrogens with one attached hydrogen (secondary N) is 1. The van der Waals surface area contributed by atoms with E-state index in [9.17, 15) is 9.90 Å². The van der Waals surface area contributed by atoms with Crippen molar-refractivity contribution in [2.24, 2.45) is 0 Å². The quantitative estimate of drug-likeness (QED) is 0.400. The molecule has 3 aromatic carbocycles. The molecule has 0 aliphatic heterocycles. The Bertz CT molecular complexity index is 928. The highest BCUT2D eigenvalue weighted by molar-refractivity contribution is 8.00. The minimum atomic E-state index is -1.16. The number of carboxylic acid groups (broad SMARTS) is 1. The van der Waals surface area contributed by atoms with Crippen LogP contribution in [0.4, 0.5) is 11.4 Å². The van der Waals surface area contributed by atoms with E-state index in [0.717, 1.165) is 16.0 Å². The number of rotatable bonds is 5. The molecule has 0 heterocycles. The highest BCUT2D eigenvalue weighted by Crippen LogP contribution is 2.31. The van der Waals surface area contributed by atoms with Crippen molar-refractivity contribution < 1.29 is 15.0 Å². The number of nitrogen functional groups attached to an aromatic ring is 1. The number of carbonyl (C=O) groups is 1. The summed E-state index contributed by atoms with van der Waals surface area (Å²) in [6.45, 7) is 0. The Kier molecular flexibility index (Phi) is 4.81. The van der Waals surface area contributed by atoms with Gasteiger partial charge in [-0.15, -0.1) is 0 Å². The van der Waals surface area contributed by atoms with E-state index in [0.29, 0.717) is 11.4 Å². The molecular weight excluding hydrogens is 336 g/mol. The second kappa shape index (κ2) is 7.19. The molecule has 0 fully saturated rings. The Morgan fingerprint density at radius 1 is 1.00 bits per heavy atom. The molecule has 0 unspecified atom stereocenters. The van der Waals surface area contributed by atoms with Crippen molar-refractivity contribution in [3.63, 3.8) is 0 Å². The van der Waals surface area contributed by atoms with Gasteiger partial charge in [0.25, 0.3) is 0 Å². The van der Waals surface area contributed by atoms with Gasteiger partial charge in [0.15, 0.2) is 0 Å². The summed E-state index contributed by atoms with van der Waals surface area (Å²) in [5.74, 6) is -1.44. The summed E-state index contributed by atoms with van der Waals surface area (Å²) in [5, 5.41) is 18.7. The lowest BCUT2D eigenvalue weighted by molar-refractivity contribution is 0.0694. The highest BCUT2D eigenvalue weighted by atomic mass is 32.2. The van der Waals surface area contributed by atoms with E-state index in [2.05, 4.69) is 4.72 Å². The van der Waals surface area contributed by atoms with Crippen molar-refractivity contribution in [2.75, 3.05) is 10.5 Å². The van der Waals surface area contributed by atoms with Crippen LogP contribution in [0.25, 0.3) is 11.1 Å². The van der Waals surface area contributed by atoms with Gasteiger partial charge in [0.1, 0.15) is 11.3 Å². The van der Waals surface area contributed by atoms with E-state index in [1.807, 2.05) is 48.5 Å². The van der Waals surface area contributed by atoms with Gasteiger partial charge >= 0.3 is 5.97 Å². The molecule has 25 heavy (non-hydrogen) atoms. The molecule has 0 saturated carbocycles. The number of carboxylic acids is 1. The average Bonchev–Trinajstić information content (AvgIpc) is 2.60. The van der Waals surface area contributed by atoms with E-state index in [1.54, 1.807) is 6.07 Å². The number of nitrogens with two attached hydrogens (primary N) is 1. The average molecular weight is 352 g/mol. The Morgan fingerprint density at radius 2 is 1.80 bits per heavy atom. The van der Waals surface area contributed by atoms with Gasteiger partial charge in [0, 0.05) is 27.9 Å². The molecule has 0 radical (unpaired) electrons. The van der Waals surface area contributed by atoms with Crippen molar-refractivity contribution in [2.45, 2.75) is 4.90 Å². The fraction of sp³-hybridized carbons (Fsp3) is 0. The first kappa shape index (κ1) is 16.7. The monoisotopic (exact) mass is 352 g/mol. The number of anilines is 2. The lowest BCUT2D eigenvalue weighted by Gasteiger charge is -2.10. The molecule has 6 heteroatoms. The third kappa shape index (κ3) is 3.87. The van der Waals surface area contributed by atoms with Crippen LogP contribution < -0.4 is 10.5 Å². The summed E-state index contributed by atoms with van der Waals surface area (Å²) in [5.41, 5.74) is 9.19. The van der Waals surface area contributed by atoms with Crippen LogP contribution in [0.3, 0.4) is 0 Å². The maximum absolute atomic E-state index is 10.9. The Hall–Kier alpha value is -3.12. The summed E-state index contributed by atoms with van der Waals surface area (Å²) in [4.78, 5) is 11.9. The van der Waals surface area contributed by atoms with Crippen LogP contribution in [-0.2, 0) is 0 Å².